The van der Waals surface area contributed by atoms with Crippen molar-refractivity contribution in [2.45, 2.75) is 18.7 Å². The molecule has 0 amide bonds. The first-order chi connectivity index (χ1) is 7.36. The molecule has 0 fully saturated rings. The lowest BCUT2D eigenvalue weighted by atomic mass is 10.1. The van der Waals surface area contributed by atoms with Crippen LogP contribution in [-0.2, 0) is 15.0 Å². The number of aryl methyl sites for hydroxylation is 1. The fraction of sp³-hybridized carbons (Fsp3) is 0.300. The van der Waals surface area contributed by atoms with E-state index in [4.69, 9.17) is 0 Å². The van der Waals surface area contributed by atoms with Crippen molar-refractivity contribution in [1.82, 2.24) is 0 Å². The lowest BCUT2D eigenvalue weighted by Crippen LogP contribution is -2.06. The maximum absolute atomic E-state index is 12.8. The van der Waals surface area contributed by atoms with Crippen LogP contribution in [0.25, 0.3) is 0 Å². The summed E-state index contributed by atoms with van der Waals surface area (Å²) in [7, 11) is -4.81. The standard InChI is InChI=1S/C10H11FO4S/c1-3-15-10(12)8-5-4-7(2)9(6-8)16(11,13)14/h4-6H,3H2,1-2H3. The Kier molecular flexibility index (Phi) is 3.64. The predicted octanol–water partition coefficient (Wildman–Crippen LogP) is 1.83. The van der Waals surface area contributed by atoms with Crippen molar-refractivity contribution in [3.05, 3.63) is 29.3 Å². The van der Waals surface area contributed by atoms with Gasteiger partial charge in [0.25, 0.3) is 0 Å². The molecule has 0 radical (unpaired) electrons. The third-order valence-corrected chi connectivity index (χ3v) is 2.93. The van der Waals surface area contributed by atoms with Crippen molar-refractivity contribution in [3.63, 3.8) is 0 Å². The van der Waals surface area contributed by atoms with Crippen LogP contribution in [0.5, 0.6) is 0 Å². The van der Waals surface area contributed by atoms with Gasteiger partial charge in [0.05, 0.1) is 12.2 Å². The van der Waals surface area contributed by atoms with Crippen LogP contribution in [0.3, 0.4) is 0 Å². The smallest absolute Gasteiger partial charge is 0.338 e. The molecule has 1 aromatic carbocycles. The molecular formula is C10H11FO4S. The summed E-state index contributed by atoms with van der Waals surface area (Å²) in [5.41, 5.74) is 0.263. The first-order valence-corrected chi connectivity index (χ1v) is 5.97. The van der Waals surface area contributed by atoms with E-state index in [0.717, 1.165) is 6.07 Å². The van der Waals surface area contributed by atoms with Crippen LogP contribution in [0, 0.1) is 6.92 Å². The molecule has 0 N–H and O–H groups in total. The molecule has 6 heteroatoms. The fourth-order valence-corrected chi connectivity index (χ4v) is 1.92. The predicted molar refractivity (Wildman–Crippen MR) is 55.4 cm³/mol. The van der Waals surface area contributed by atoms with Crippen molar-refractivity contribution in [1.29, 1.82) is 0 Å². The van der Waals surface area contributed by atoms with Crippen LogP contribution in [0.1, 0.15) is 22.8 Å². The quantitative estimate of drug-likeness (QED) is 0.603. The van der Waals surface area contributed by atoms with Gasteiger partial charge in [0, 0.05) is 0 Å². The summed E-state index contributed by atoms with van der Waals surface area (Å²) in [6, 6.07) is 3.73. The molecule has 0 atom stereocenters. The third-order valence-electron chi connectivity index (χ3n) is 1.96. The fourth-order valence-electron chi connectivity index (χ4n) is 1.20. The maximum Gasteiger partial charge on any atom is 0.338 e. The highest BCUT2D eigenvalue weighted by Gasteiger charge is 2.18. The van der Waals surface area contributed by atoms with E-state index >= 15 is 0 Å². The van der Waals surface area contributed by atoms with Gasteiger partial charge in [-0.1, -0.05) is 6.07 Å². The first kappa shape index (κ1) is 12.6. The van der Waals surface area contributed by atoms with Crippen LogP contribution in [0.2, 0.25) is 0 Å². The van der Waals surface area contributed by atoms with Gasteiger partial charge >= 0.3 is 16.2 Å². The second-order valence-corrected chi connectivity index (χ2v) is 4.45. The third kappa shape index (κ3) is 2.79. The zero-order valence-electron chi connectivity index (χ0n) is 8.86. The SMILES string of the molecule is CCOC(=O)c1ccc(C)c(S(=O)(=O)F)c1. The normalized spacial score (nSPS) is 11.2. The Hall–Kier alpha value is -1.43. The molecule has 4 nitrogen and oxygen atoms in total. The minimum atomic E-state index is -4.81. The van der Waals surface area contributed by atoms with Crippen molar-refractivity contribution >= 4 is 16.2 Å². The Morgan fingerprint density at radius 2 is 2.06 bits per heavy atom. The number of halogens is 1. The number of rotatable bonds is 3. The van der Waals surface area contributed by atoms with Crippen molar-refractivity contribution < 1.29 is 21.8 Å². The average Bonchev–Trinajstić information content (AvgIpc) is 2.16. The van der Waals surface area contributed by atoms with Gasteiger partial charge in [-0.3, -0.25) is 0 Å². The van der Waals surface area contributed by atoms with Crippen LogP contribution >= 0.6 is 0 Å². The molecular weight excluding hydrogens is 235 g/mol. The number of esters is 1. The van der Waals surface area contributed by atoms with E-state index in [1.54, 1.807) is 6.92 Å². The highest BCUT2D eigenvalue weighted by atomic mass is 32.3. The number of benzene rings is 1. The summed E-state index contributed by atoms with van der Waals surface area (Å²) in [4.78, 5) is 10.8. The van der Waals surface area contributed by atoms with Gasteiger partial charge in [0.1, 0.15) is 4.90 Å². The molecule has 0 bridgehead atoms. The second-order valence-electron chi connectivity index (χ2n) is 3.14. The number of hydrogen-bond acceptors (Lipinski definition) is 4. The Bertz CT molecular complexity index is 508. The van der Waals surface area contributed by atoms with E-state index in [0.29, 0.717) is 0 Å². The molecule has 0 unspecified atom stereocenters. The van der Waals surface area contributed by atoms with E-state index in [2.05, 4.69) is 4.74 Å². The van der Waals surface area contributed by atoms with Crippen molar-refractivity contribution in [3.8, 4) is 0 Å². The lowest BCUT2D eigenvalue weighted by Gasteiger charge is -2.05. The van der Waals surface area contributed by atoms with Crippen molar-refractivity contribution in [2.24, 2.45) is 0 Å². The molecule has 0 aliphatic rings. The van der Waals surface area contributed by atoms with Crippen LogP contribution in [-0.4, -0.2) is 21.0 Å². The zero-order valence-corrected chi connectivity index (χ0v) is 9.67. The topological polar surface area (TPSA) is 60.4 Å². The lowest BCUT2D eigenvalue weighted by molar-refractivity contribution is 0.0526. The van der Waals surface area contributed by atoms with E-state index in [1.165, 1.54) is 19.1 Å². The highest BCUT2D eigenvalue weighted by Crippen LogP contribution is 2.19. The summed E-state index contributed by atoms with van der Waals surface area (Å²) >= 11 is 0. The Morgan fingerprint density at radius 3 is 2.56 bits per heavy atom. The monoisotopic (exact) mass is 246 g/mol. The van der Waals surface area contributed by atoms with Gasteiger partial charge in [0.2, 0.25) is 0 Å². The molecule has 0 spiro atoms. The summed E-state index contributed by atoms with van der Waals surface area (Å²) in [6.45, 7) is 3.24. The Morgan fingerprint density at radius 1 is 1.44 bits per heavy atom. The molecule has 0 saturated carbocycles. The molecule has 0 heterocycles. The minimum absolute atomic E-state index is 0.0173. The van der Waals surface area contributed by atoms with E-state index < -0.39 is 21.1 Å². The van der Waals surface area contributed by atoms with Gasteiger partial charge in [0.15, 0.2) is 0 Å². The molecule has 1 aromatic rings. The molecule has 1 rings (SSSR count). The van der Waals surface area contributed by atoms with Crippen LogP contribution < -0.4 is 0 Å². The molecule has 88 valence electrons. The van der Waals surface area contributed by atoms with E-state index in [9.17, 15) is 17.1 Å². The number of hydrogen-bond donors (Lipinski definition) is 0. The zero-order chi connectivity index (χ0) is 12.3. The van der Waals surface area contributed by atoms with E-state index in [-0.39, 0.29) is 17.7 Å². The molecule has 0 saturated heterocycles. The van der Waals surface area contributed by atoms with Crippen LogP contribution in [0.4, 0.5) is 3.89 Å². The Balaban J connectivity index is 3.23. The van der Waals surface area contributed by atoms with Crippen LogP contribution in [0.15, 0.2) is 23.1 Å². The van der Waals surface area contributed by atoms with Gasteiger partial charge in [-0.2, -0.15) is 8.42 Å². The van der Waals surface area contributed by atoms with Crippen molar-refractivity contribution in [2.75, 3.05) is 6.61 Å². The average molecular weight is 246 g/mol. The summed E-state index contributed by atoms with van der Waals surface area (Å²) in [5.74, 6) is -0.674. The number of carbonyl (C=O) groups excluding carboxylic acids is 1. The summed E-state index contributed by atoms with van der Waals surface area (Å²) in [6.07, 6.45) is 0. The molecule has 0 aliphatic heterocycles. The van der Waals surface area contributed by atoms with Gasteiger partial charge < -0.3 is 4.74 Å². The second kappa shape index (κ2) is 4.61. The highest BCUT2D eigenvalue weighted by molar-refractivity contribution is 7.86. The molecule has 16 heavy (non-hydrogen) atoms. The summed E-state index contributed by atoms with van der Waals surface area (Å²) in [5, 5.41) is 0. The number of carbonyl (C=O) groups is 1. The number of ether oxygens (including phenoxy) is 1. The molecule has 0 aliphatic carbocycles. The van der Waals surface area contributed by atoms with Gasteiger partial charge in [-0.15, -0.1) is 3.89 Å². The molecule has 0 aromatic heterocycles. The maximum atomic E-state index is 12.8. The van der Waals surface area contributed by atoms with Gasteiger partial charge in [-0.25, -0.2) is 4.79 Å². The van der Waals surface area contributed by atoms with Gasteiger partial charge in [-0.05, 0) is 31.5 Å². The summed E-state index contributed by atoms with van der Waals surface area (Å²) < 4.78 is 39.0. The minimum Gasteiger partial charge on any atom is -0.462 e. The Labute approximate surface area is 93.3 Å². The largest absolute Gasteiger partial charge is 0.462 e. The van der Waals surface area contributed by atoms with E-state index in [1.807, 2.05) is 0 Å². The first-order valence-electron chi connectivity index (χ1n) is 4.58.